The van der Waals surface area contributed by atoms with Crippen molar-refractivity contribution in [3.63, 3.8) is 0 Å². The molecule has 0 fully saturated rings. The molecule has 0 radical (unpaired) electrons. The average Bonchev–Trinajstić information content (AvgIpc) is 3.01. The van der Waals surface area contributed by atoms with E-state index in [1.807, 2.05) is 13.1 Å². The minimum Gasteiger partial charge on any atom is -0.351 e. The Balaban J connectivity index is 1.75. The van der Waals surface area contributed by atoms with Crippen LogP contribution < -0.4 is 9.80 Å². The summed E-state index contributed by atoms with van der Waals surface area (Å²) in [6.07, 6.45) is 3.55. The molecule has 4 rings (SSSR count). The van der Waals surface area contributed by atoms with Gasteiger partial charge in [-0.3, -0.25) is 9.59 Å². The van der Waals surface area contributed by atoms with Crippen LogP contribution in [-0.4, -0.2) is 53.9 Å². The van der Waals surface area contributed by atoms with Crippen LogP contribution in [0.5, 0.6) is 0 Å². The summed E-state index contributed by atoms with van der Waals surface area (Å²) in [4.78, 5) is 40.8. The van der Waals surface area contributed by atoms with Crippen molar-refractivity contribution in [2.45, 2.75) is 33.2 Å². The Hall–Kier alpha value is -2.48. The van der Waals surface area contributed by atoms with Gasteiger partial charge in [-0.25, -0.2) is 9.97 Å². The third-order valence-electron chi connectivity index (χ3n) is 5.29. The van der Waals surface area contributed by atoms with Crippen molar-refractivity contribution < 1.29 is 9.59 Å². The molecule has 8 heteroatoms. The van der Waals surface area contributed by atoms with E-state index in [1.54, 1.807) is 30.3 Å². The summed E-state index contributed by atoms with van der Waals surface area (Å²) >= 11 is 1.56. The van der Waals surface area contributed by atoms with E-state index in [2.05, 4.69) is 21.8 Å². The van der Waals surface area contributed by atoms with Gasteiger partial charge < -0.3 is 14.7 Å². The second kappa shape index (κ2) is 6.60. The number of likely N-dealkylation sites (N-methyl/N-ethyl adjacent to an activating group) is 2. The van der Waals surface area contributed by atoms with Crippen molar-refractivity contribution in [2.24, 2.45) is 0 Å². The van der Waals surface area contributed by atoms with Crippen LogP contribution in [0.3, 0.4) is 0 Å². The van der Waals surface area contributed by atoms with Gasteiger partial charge in [0.25, 0.3) is 5.91 Å². The second-order valence-corrected chi connectivity index (χ2v) is 8.17. The third-order valence-corrected chi connectivity index (χ3v) is 6.59. The highest BCUT2D eigenvalue weighted by molar-refractivity contribution is 7.17. The number of amides is 2. The highest BCUT2D eigenvalue weighted by Crippen LogP contribution is 2.41. The van der Waals surface area contributed by atoms with Crippen LogP contribution in [0.25, 0.3) is 0 Å². The zero-order chi connectivity index (χ0) is 19.3. The van der Waals surface area contributed by atoms with E-state index in [1.165, 1.54) is 4.90 Å². The number of hydrogen-bond acceptors (Lipinski definition) is 6. The Bertz CT molecular complexity index is 938. The van der Waals surface area contributed by atoms with Crippen LogP contribution in [0.15, 0.2) is 6.20 Å². The highest BCUT2D eigenvalue weighted by atomic mass is 32.1. The standard InChI is InChI=1S/C19H23N5O2S/c1-5-12-8-20-11(2)21-17(12)24-7-6-13-14(9-24)27-19-16(13)18(26)22(3)10-15(25)23(19)4/h8H,5-7,9-10H2,1-4H3. The van der Waals surface area contributed by atoms with E-state index in [0.717, 1.165) is 52.0 Å². The molecule has 7 nitrogen and oxygen atoms in total. The number of rotatable bonds is 2. The SMILES string of the molecule is CCc1cnc(C)nc1N1CCc2c(sc3c2C(=O)N(C)CC(=O)N3C)C1. The molecule has 2 aromatic rings. The molecule has 0 aliphatic carbocycles. The van der Waals surface area contributed by atoms with Gasteiger partial charge in [0.05, 0.1) is 12.1 Å². The average molecular weight is 385 g/mol. The van der Waals surface area contributed by atoms with E-state index < -0.39 is 0 Å². The Labute approximate surface area is 162 Å². The number of aromatic nitrogens is 2. The van der Waals surface area contributed by atoms with Gasteiger partial charge in [-0.15, -0.1) is 11.3 Å². The molecule has 0 N–H and O–H groups in total. The predicted molar refractivity (Wildman–Crippen MR) is 106 cm³/mol. The van der Waals surface area contributed by atoms with Gasteiger partial charge >= 0.3 is 0 Å². The predicted octanol–water partition coefficient (Wildman–Crippen LogP) is 2.02. The molecular weight excluding hydrogens is 362 g/mol. The van der Waals surface area contributed by atoms with E-state index >= 15 is 0 Å². The van der Waals surface area contributed by atoms with Crippen LogP contribution in [0.1, 0.15) is 39.1 Å². The fraction of sp³-hybridized carbons (Fsp3) is 0.474. The Morgan fingerprint density at radius 2 is 2.00 bits per heavy atom. The maximum Gasteiger partial charge on any atom is 0.257 e. The molecule has 2 aromatic heterocycles. The van der Waals surface area contributed by atoms with E-state index in [4.69, 9.17) is 0 Å². The van der Waals surface area contributed by atoms with Gasteiger partial charge in [-0.05, 0) is 25.3 Å². The lowest BCUT2D eigenvalue weighted by molar-refractivity contribution is -0.118. The van der Waals surface area contributed by atoms with E-state index in [-0.39, 0.29) is 18.4 Å². The van der Waals surface area contributed by atoms with Gasteiger partial charge in [0.2, 0.25) is 5.91 Å². The normalized spacial score (nSPS) is 17.1. The van der Waals surface area contributed by atoms with Crippen molar-refractivity contribution in [3.05, 3.63) is 33.6 Å². The third kappa shape index (κ3) is 2.88. The summed E-state index contributed by atoms with van der Waals surface area (Å²) < 4.78 is 0. The maximum absolute atomic E-state index is 12.9. The monoisotopic (exact) mass is 385 g/mol. The van der Waals surface area contributed by atoms with Gasteiger partial charge in [0, 0.05) is 37.3 Å². The van der Waals surface area contributed by atoms with Crippen molar-refractivity contribution in [1.82, 2.24) is 14.9 Å². The number of anilines is 2. The van der Waals surface area contributed by atoms with Crippen LogP contribution in [0.2, 0.25) is 0 Å². The quantitative estimate of drug-likeness (QED) is 0.791. The fourth-order valence-corrected chi connectivity index (χ4v) is 5.05. The van der Waals surface area contributed by atoms with E-state index in [9.17, 15) is 9.59 Å². The van der Waals surface area contributed by atoms with Crippen molar-refractivity contribution in [2.75, 3.05) is 37.0 Å². The molecular formula is C19H23N5O2S. The highest BCUT2D eigenvalue weighted by Gasteiger charge is 2.35. The topological polar surface area (TPSA) is 69.6 Å². The number of carbonyl (C=O) groups excluding carboxylic acids is 2. The number of carbonyl (C=O) groups is 2. The molecule has 142 valence electrons. The lowest BCUT2D eigenvalue weighted by Gasteiger charge is -2.30. The second-order valence-electron chi connectivity index (χ2n) is 7.09. The van der Waals surface area contributed by atoms with Gasteiger partial charge in [0.1, 0.15) is 23.2 Å². The lowest BCUT2D eigenvalue weighted by atomic mass is 10.0. The van der Waals surface area contributed by atoms with Gasteiger partial charge in [0.15, 0.2) is 0 Å². The molecule has 2 aliphatic heterocycles. The first-order valence-electron chi connectivity index (χ1n) is 9.14. The number of nitrogens with zero attached hydrogens (tertiary/aromatic N) is 5. The number of thiophene rings is 1. The van der Waals surface area contributed by atoms with Crippen LogP contribution in [0.4, 0.5) is 10.8 Å². The summed E-state index contributed by atoms with van der Waals surface area (Å²) in [7, 11) is 3.45. The summed E-state index contributed by atoms with van der Waals surface area (Å²) in [5, 5.41) is 0.774. The van der Waals surface area contributed by atoms with Crippen LogP contribution in [0, 0.1) is 6.92 Å². The van der Waals surface area contributed by atoms with E-state index in [0.29, 0.717) is 12.1 Å². The molecule has 0 bridgehead atoms. The first kappa shape index (κ1) is 17.9. The molecule has 0 aromatic carbocycles. The van der Waals surface area contributed by atoms with Crippen molar-refractivity contribution >= 4 is 34.0 Å². The summed E-state index contributed by atoms with van der Waals surface area (Å²) in [5.41, 5.74) is 2.93. The lowest BCUT2D eigenvalue weighted by Crippen LogP contribution is -2.36. The zero-order valence-corrected chi connectivity index (χ0v) is 16.9. The first-order valence-corrected chi connectivity index (χ1v) is 9.96. The number of fused-ring (bicyclic) bond motifs is 3. The molecule has 0 unspecified atom stereocenters. The maximum atomic E-state index is 12.9. The Morgan fingerprint density at radius 3 is 2.74 bits per heavy atom. The Morgan fingerprint density at radius 1 is 1.22 bits per heavy atom. The molecule has 0 spiro atoms. The smallest absolute Gasteiger partial charge is 0.257 e. The molecule has 0 atom stereocenters. The van der Waals surface area contributed by atoms with Gasteiger partial charge in [-0.1, -0.05) is 6.92 Å². The number of aryl methyl sites for hydroxylation is 2. The molecule has 0 saturated carbocycles. The van der Waals surface area contributed by atoms with Crippen LogP contribution in [-0.2, 0) is 24.2 Å². The molecule has 27 heavy (non-hydrogen) atoms. The minimum absolute atomic E-state index is 0.0548. The summed E-state index contributed by atoms with van der Waals surface area (Å²) in [6.45, 7) is 5.64. The van der Waals surface area contributed by atoms with Crippen LogP contribution >= 0.6 is 11.3 Å². The summed E-state index contributed by atoms with van der Waals surface area (Å²) in [6, 6.07) is 0. The molecule has 2 amide bonds. The zero-order valence-electron chi connectivity index (χ0n) is 16.1. The van der Waals surface area contributed by atoms with Crippen molar-refractivity contribution in [3.8, 4) is 0 Å². The fourth-order valence-electron chi connectivity index (χ4n) is 3.72. The largest absolute Gasteiger partial charge is 0.351 e. The molecule has 0 saturated heterocycles. The Kier molecular flexibility index (Phi) is 4.38. The summed E-state index contributed by atoms with van der Waals surface area (Å²) in [5.74, 6) is 1.63. The molecule has 4 heterocycles. The van der Waals surface area contributed by atoms with Crippen molar-refractivity contribution in [1.29, 1.82) is 0 Å². The minimum atomic E-state index is -0.0558. The first-order chi connectivity index (χ1) is 12.9. The number of hydrogen-bond donors (Lipinski definition) is 0. The molecule has 2 aliphatic rings. The van der Waals surface area contributed by atoms with Gasteiger partial charge in [-0.2, -0.15) is 0 Å².